The third-order valence-electron chi connectivity index (χ3n) is 3.64. The van der Waals surface area contributed by atoms with Gasteiger partial charge >= 0.3 is 6.03 Å². The SMILES string of the molecule is O=C1NC(=O)C(CSCc2ccccc2)(c2ccccc2)N1. The summed E-state index contributed by atoms with van der Waals surface area (Å²) >= 11 is 1.63. The zero-order chi connectivity index (χ0) is 15.4. The van der Waals surface area contributed by atoms with Crippen molar-refractivity contribution in [2.75, 3.05) is 5.75 Å². The van der Waals surface area contributed by atoms with Crippen LogP contribution in [0.5, 0.6) is 0 Å². The molecule has 3 rings (SSSR count). The Labute approximate surface area is 133 Å². The van der Waals surface area contributed by atoms with Crippen LogP contribution in [0.3, 0.4) is 0 Å². The number of carbonyl (C=O) groups excluding carboxylic acids is 2. The van der Waals surface area contributed by atoms with E-state index in [9.17, 15) is 9.59 Å². The summed E-state index contributed by atoms with van der Waals surface area (Å²) in [4.78, 5) is 24.0. The molecule has 1 aliphatic rings. The molecule has 1 aliphatic heterocycles. The Morgan fingerprint density at radius 1 is 0.909 bits per heavy atom. The van der Waals surface area contributed by atoms with E-state index in [2.05, 4.69) is 22.8 Å². The van der Waals surface area contributed by atoms with Crippen molar-refractivity contribution in [2.24, 2.45) is 0 Å². The van der Waals surface area contributed by atoms with Crippen LogP contribution in [0.4, 0.5) is 4.79 Å². The van der Waals surface area contributed by atoms with Gasteiger partial charge in [-0.15, -0.1) is 0 Å². The number of urea groups is 1. The fourth-order valence-corrected chi connectivity index (χ4v) is 3.71. The number of rotatable bonds is 5. The molecule has 2 aromatic carbocycles. The van der Waals surface area contributed by atoms with E-state index >= 15 is 0 Å². The van der Waals surface area contributed by atoms with E-state index in [0.29, 0.717) is 5.75 Å². The van der Waals surface area contributed by atoms with Crippen molar-refractivity contribution in [3.63, 3.8) is 0 Å². The fraction of sp³-hybridized carbons (Fsp3) is 0.176. The van der Waals surface area contributed by atoms with Crippen LogP contribution in [0.25, 0.3) is 0 Å². The predicted octanol–water partition coefficient (Wildman–Crippen LogP) is 2.65. The third-order valence-corrected chi connectivity index (χ3v) is 4.81. The van der Waals surface area contributed by atoms with E-state index < -0.39 is 11.6 Å². The minimum absolute atomic E-state index is 0.288. The molecule has 1 saturated heterocycles. The van der Waals surface area contributed by atoms with Gasteiger partial charge in [0.2, 0.25) is 0 Å². The maximum absolute atomic E-state index is 12.3. The smallest absolute Gasteiger partial charge is 0.319 e. The summed E-state index contributed by atoms with van der Waals surface area (Å²) in [5, 5.41) is 5.15. The Morgan fingerprint density at radius 3 is 2.14 bits per heavy atom. The van der Waals surface area contributed by atoms with Gasteiger partial charge in [0.15, 0.2) is 5.54 Å². The fourth-order valence-electron chi connectivity index (χ4n) is 2.50. The van der Waals surface area contributed by atoms with E-state index in [1.54, 1.807) is 11.8 Å². The largest absolute Gasteiger partial charge is 0.322 e. The highest BCUT2D eigenvalue weighted by Crippen LogP contribution is 2.30. The van der Waals surface area contributed by atoms with Crippen LogP contribution in [0, 0.1) is 0 Å². The first-order valence-electron chi connectivity index (χ1n) is 7.01. The van der Waals surface area contributed by atoms with Crippen LogP contribution in [0.1, 0.15) is 11.1 Å². The molecule has 3 amide bonds. The normalized spacial score (nSPS) is 20.5. The van der Waals surface area contributed by atoms with Gasteiger partial charge in [0, 0.05) is 11.5 Å². The standard InChI is InChI=1S/C17H16N2O2S/c20-15-17(19-16(21)18-15,14-9-5-2-6-10-14)12-22-11-13-7-3-1-4-8-13/h1-10H,11-12H2,(H2,18,19,20,21). The number of amides is 3. The Morgan fingerprint density at radius 2 is 1.55 bits per heavy atom. The lowest BCUT2D eigenvalue weighted by molar-refractivity contribution is -0.123. The van der Waals surface area contributed by atoms with Gasteiger partial charge < -0.3 is 5.32 Å². The summed E-state index contributed by atoms with van der Waals surface area (Å²) in [6.45, 7) is 0. The quantitative estimate of drug-likeness (QED) is 0.835. The highest BCUT2D eigenvalue weighted by molar-refractivity contribution is 7.98. The third kappa shape index (κ3) is 2.85. The molecule has 22 heavy (non-hydrogen) atoms. The Bertz CT molecular complexity index is 676. The highest BCUT2D eigenvalue weighted by Gasteiger charge is 2.47. The predicted molar refractivity (Wildman–Crippen MR) is 87.4 cm³/mol. The van der Waals surface area contributed by atoms with Crippen molar-refractivity contribution in [1.82, 2.24) is 10.6 Å². The summed E-state index contributed by atoms with van der Waals surface area (Å²) in [5.41, 5.74) is 1.01. The average Bonchev–Trinajstić information content (AvgIpc) is 2.84. The van der Waals surface area contributed by atoms with Gasteiger partial charge in [-0.2, -0.15) is 11.8 Å². The molecule has 0 aliphatic carbocycles. The molecular weight excluding hydrogens is 296 g/mol. The first kappa shape index (κ1) is 14.7. The number of benzene rings is 2. The lowest BCUT2D eigenvalue weighted by atomic mass is 9.92. The van der Waals surface area contributed by atoms with Gasteiger partial charge in [0.05, 0.1) is 0 Å². The van der Waals surface area contributed by atoms with Crippen LogP contribution < -0.4 is 10.6 Å². The summed E-state index contributed by atoms with van der Waals surface area (Å²) in [7, 11) is 0. The average molecular weight is 312 g/mol. The molecule has 0 aromatic heterocycles. The van der Waals surface area contributed by atoms with Gasteiger partial charge in [-0.1, -0.05) is 60.7 Å². The van der Waals surface area contributed by atoms with E-state index in [4.69, 9.17) is 0 Å². The first-order valence-corrected chi connectivity index (χ1v) is 8.17. The molecule has 1 unspecified atom stereocenters. The maximum atomic E-state index is 12.3. The van der Waals surface area contributed by atoms with Crippen molar-refractivity contribution in [3.05, 3.63) is 71.8 Å². The molecular formula is C17H16N2O2S. The number of hydrogen-bond donors (Lipinski definition) is 2. The van der Waals surface area contributed by atoms with E-state index in [0.717, 1.165) is 11.3 Å². The van der Waals surface area contributed by atoms with E-state index in [-0.39, 0.29) is 5.91 Å². The second-order valence-corrected chi connectivity index (χ2v) is 6.14. The van der Waals surface area contributed by atoms with Crippen molar-refractivity contribution < 1.29 is 9.59 Å². The Hall–Kier alpha value is -2.27. The Kier molecular flexibility index (Phi) is 4.15. The number of carbonyl (C=O) groups is 2. The molecule has 1 fully saturated rings. The van der Waals surface area contributed by atoms with Crippen molar-refractivity contribution in [2.45, 2.75) is 11.3 Å². The van der Waals surface area contributed by atoms with Crippen molar-refractivity contribution in [3.8, 4) is 0 Å². The maximum Gasteiger partial charge on any atom is 0.322 e. The summed E-state index contributed by atoms with van der Waals surface area (Å²) in [5.74, 6) is 0.992. The molecule has 1 heterocycles. The molecule has 0 bridgehead atoms. The lowest BCUT2D eigenvalue weighted by Gasteiger charge is -2.26. The van der Waals surface area contributed by atoms with Crippen LogP contribution in [-0.4, -0.2) is 17.7 Å². The molecule has 1 atom stereocenters. The zero-order valence-corrected chi connectivity index (χ0v) is 12.7. The minimum Gasteiger partial charge on any atom is -0.319 e. The molecule has 4 nitrogen and oxygen atoms in total. The molecule has 0 saturated carbocycles. The first-order chi connectivity index (χ1) is 10.7. The Balaban J connectivity index is 1.78. The number of nitrogens with one attached hydrogen (secondary N) is 2. The summed E-state index contributed by atoms with van der Waals surface area (Å²) < 4.78 is 0. The van der Waals surface area contributed by atoms with Gasteiger partial charge in [-0.3, -0.25) is 10.1 Å². The summed E-state index contributed by atoms with van der Waals surface area (Å²) in [6, 6.07) is 19.0. The molecule has 5 heteroatoms. The van der Waals surface area contributed by atoms with Gasteiger partial charge in [0.1, 0.15) is 0 Å². The minimum atomic E-state index is -0.988. The second-order valence-electron chi connectivity index (χ2n) is 5.16. The van der Waals surface area contributed by atoms with Crippen LogP contribution in [0.2, 0.25) is 0 Å². The van der Waals surface area contributed by atoms with Crippen LogP contribution in [-0.2, 0) is 16.1 Å². The van der Waals surface area contributed by atoms with Crippen molar-refractivity contribution in [1.29, 1.82) is 0 Å². The topological polar surface area (TPSA) is 58.2 Å². The monoisotopic (exact) mass is 312 g/mol. The molecule has 0 radical (unpaired) electrons. The lowest BCUT2D eigenvalue weighted by Crippen LogP contribution is -2.46. The van der Waals surface area contributed by atoms with E-state index in [1.165, 1.54) is 5.56 Å². The van der Waals surface area contributed by atoms with Gasteiger partial charge in [0.25, 0.3) is 5.91 Å². The molecule has 0 spiro atoms. The van der Waals surface area contributed by atoms with Crippen LogP contribution in [0.15, 0.2) is 60.7 Å². The number of thioether (sulfide) groups is 1. The van der Waals surface area contributed by atoms with Gasteiger partial charge in [-0.25, -0.2) is 4.79 Å². The zero-order valence-electron chi connectivity index (χ0n) is 11.9. The summed E-state index contributed by atoms with van der Waals surface area (Å²) in [6.07, 6.45) is 0. The van der Waals surface area contributed by atoms with Gasteiger partial charge in [-0.05, 0) is 11.1 Å². The number of imide groups is 1. The second kappa shape index (κ2) is 6.23. The van der Waals surface area contributed by atoms with Crippen molar-refractivity contribution >= 4 is 23.7 Å². The highest BCUT2D eigenvalue weighted by atomic mass is 32.2. The molecule has 2 aromatic rings. The number of hydrogen-bond acceptors (Lipinski definition) is 3. The molecule has 2 N–H and O–H groups in total. The van der Waals surface area contributed by atoms with E-state index in [1.807, 2.05) is 48.5 Å². The molecule has 112 valence electrons. The van der Waals surface area contributed by atoms with Crippen LogP contribution >= 0.6 is 11.8 Å².